The maximum atomic E-state index is 12.6. The highest BCUT2D eigenvalue weighted by Crippen LogP contribution is 2.22. The van der Waals surface area contributed by atoms with Crippen LogP contribution in [0.4, 0.5) is 18.0 Å². The maximum absolute atomic E-state index is 12.6. The minimum Gasteiger partial charge on any atom is -0.489 e. The second-order valence-electron chi connectivity index (χ2n) is 7.88. The quantitative estimate of drug-likeness (QED) is 0.360. The minimum atomic E-state index is -5.08. The third kappa shape index (κ3) is 7.39. The van der Waals surface area contributed by atoms with Crippen molar-refractivity contribution in [2.75, 3.05) is 6.54 Å². The molecule has 202 valence electrons. The number of nitrogens with zero attached hydrogens (tertiary/aromatic N) is 1. The summed E-state index contributed by atoms with van der Waals surface area (Å²) < 4.78 is 65.0. The van der Waals surface area contributed by atoms with Gasteiger partial charge in [-0.1, -0.05) is 18.2 Å². The van der Waals surface area contributed by atoms with Crippen LogP contribution in [0.25, 0.3) is 10.9 Å². The normalized spacial score (nSPS) is 15.6. The molecule has 2 heterocycles. The van der Waals surface area contributed by atoms with Crippen LogP contribution in [0.5, 0.6) is 5.75 Å². The fourth-order valence-electron chi connectivity index (χ4n) is 3.27. The largest absolute Gasteiger partial charge is 0.490 e. The van der Waals surface area contributed by atoms with Crippen molar-refractivity contribution in [2.24, 2.45) is 0 Å². The number of hydrogen-bond donors (Lipinski definition) is 4. The van der Waals surface area contributed by atoms with Crippen molar-refractivity contribution in [3.8, 4) is 5.75 Å². The lowest BCUT2D eigenvalue weighted by molar-refractivity contribution is -0.192. The Hall–Kier alpha value is -4.24. The number of carboxylic acids is 1. The lowest BCUT2D eigenvalue weighted by atomic mass is 10.1. The highest BCUT2D eigenvalue weighted by atomic mass is 32.2. The number of carbonyl (C=O) groups excluding carboxylic acids is 2. The minimum absolute atomic E-state index is 0.0187. The van der Waals surface area contributed by atoms with E-state index in [0.29, 0.717) is 12.4 Å². The number of alkyl halides is 3. The summed E-state index contributed by atoms with van der Waals surface area (Å²) in [4.78, 5) is 36.3. The number of amides is 3. The summed E-state index contributed by atoms with van der Waals surface area (Å²) in [5.41, 5.74) is 2.75. The van der Waals surface area contributed by atoms with Crippen molar-refractivity contribution in [3.63, 3.8) is 0 Å². The summed E-state index contributed by atoms with van der Waals surface area (Å²) in [6, 6.07) is 13.9. The highest BCUT2D eigenvalue weighted by molar-refractivity contribution is 7.89. The number of carboxylic acid groups (broad SMARTS) is 1. The summed E-state index contributed by atoms with van der Waals surface area (Å²) in [6.45, 7) is 2.10. The molecule has 0 spiro atoms. The fourth-order valence-corrected chi connectivity index (χ4v) is 4.47. The molecule has 38 heavy (non-hydrogen) atoms. The number of benzene rings is 2. The van der Waals surface area contributed by atoms with E-state index in [2.05, 4.69) is 15.0 Å². The monoisotopic (exact) mass is 554 g/mol. The number of imide groups is 1. The zero-order valence-electron chi connectivity index (χ0n) is 19.6. The Morgan fingerprint density at radius 3 is 2.39 bits per heavy atom. The summed E-state index contributed by atoms with van der Waals surface area (Å²) in [5.74, 6) is -2.96. The Morgan fingerprint density at radius 2 is 1.79 bits per heavy atom. The molecule has 0 radical (unpaired) electrons. The van der Waals surface area contributed by atoms with E-state index in [1.54, 1.807) is 12.1 Å². The van der Waals surface area contributed by atoms with Gasteiger partial charge in [-0.2, -0.15) is 17.9 Å². The van der Waals surface area contributed by atoms with E-state index in [0.717, 1.165) is 22.2 Å². The zero-order valence-corrected chi connectivity index (χ0v) is 20.4. The Kier molecular flexibility index (Phi) is 8.53. The smallest absolute Gasteiger partial charge is 0.489 e. The van der Waals surface area contributed by atoms with Gasteiger partial charge in [0.1, 0.15) is 18.4 Å². The number of pyridine rings is 1. The van der Waals surface area contributed by atoms with E-state index in [-0.39, 0.29) is 11.4 Å². The van der Waals surface area contributed by atoms with Crippen molar-refractivity contribution in [3.05, 3.63) is 65.9 Å². The molecule has 1 fully saturated rings. The average molecular weight is 555 g/mol. The Labute approximate surface area is 214 Å². The molecule has 1 atom stereocenters. The number of ether oxygens (including phenoxy) is 1. The van der Waals surface area contributed by atoms with Crippen LogP contribution >= 0.6 is 0 Å². The number of hydrogen-bond acceptors (Lipinski definition) is 7. The van der Waals surface area contributed by atoms with E-state index < -0.39 is 40.1 Å². The Morgan fingerprint density at radius 1 is 1.16 bits per heavy atom. The summed E-state index contributed by atoms with van der Waals surface area (Å²) in [5, 5.41) is 12.5. The van der Waals surface area contributed by atoms with E-state index in [1.807, 2.05) is 42.6 Å². The summed E-state index contributed by atoms with van der Waals surface area (Å²) in [6.07, 6.45) is -5.08. The number of nitrogens with one attached hydrogen (secondary N) is 3. The Bertz CT molecular complexity index is 1460. The molecule has 3 aromatic rings. The highest BCUT2D eigenvalue weighted by Gasteiger charge is 2.38. The molecule has 1 aliphatic heterocycles. The predicted molar refractivity (Wildman–Crippen MR) is 127 cm³/mol. The number of rotatable bonds is 6. The van der Waals surface area contributed by atoms with Crippen molar-refractivity contribution in [1.82, 2.24) is 20.3 Å². The second-order valence-corrected chi connectivity index (χ2v) is 9.59. The van der Waals surface area contributed by atoms with Crippen LogP contribution in [0.1, 0.15) is 11.3 Å². The van der Waals surface area contributed by atoms with E-state index >= 15 is 0 Å². The van der Waals surface area contributed by atoms with Gasteiger partial charge in [-0.15, -0.1) is 0 Å². The number of urea groups is 1. The Balaban J connectivity index is 0.000000505. The van der Waals surface area contributed by atoms with Crippen LogP contribution in [-0.2, 0) is 26.2 Å². The molecule has 4 N–H and O–H groups in total. The molecule has 0 aliphatic carbocycles. The number of fused-ring (bicyclic) bond motifs is 1. The number of halogens is 3. The first-order chi connectivity index (χ1) is 17.8. The van der Waals surface area contributed by atoms with Gasteiger partial charge in [-0.3, -0.25) is 15.1 Å². The number of para-hydroxylation sites is 1. The summed E-state index contributed by atoms with van der Waals surface area (Å²) in [7, 11) is -3.95. The van der Waals surface area contributed by atoms with E-state index in [1.165, 1.54) is 12.1 Å². The first-order valence-corrected chi connectivity index (χ1v) is 12.2. The van der Waals surface area contributed by atoms with E-state index in [4.69, 9.17) is 14.6 Å². The van der Waals surface area contributed by atoms with Gasteiger partial charge in [0.25, 0.3) is 0 Å². The van der Waals surface area contributed by atoms with Crippen LogP contribution in [0.15, 0.2) is 59.5 Å². The molecule has 4 rings (SSSR count). The molecule has 2 aromatic carbocycles. The fraction of sp³-hybridized carbons (Fsp3) is 0.217. The lowest BCUT2D eigenvalue weighted by Crippen LogP contribution is -2.60. The van der Waals surface area contributed by atoms with Crippen LogP contribution in [0.3, 0.4) is 0 Å². The number of sulfonamides is 1. The number of carbonyl (C=O) groups is 3. The van der Waals surface area contributed by atoms with Crippen LogP contribution < -0.4 is 20.1 Å². The summed E-state index contributed by atoms with van der Waals surface area (Å²) >= 11 is 0. The molecular formula is C23H21F3N4O7S. The van der Waals surface area contributed by atoms with Gasteiger partial charge in [0, 0.05) is 23.2 Å². The van der Waals surface area contributed by atoms with Crippen LogP contribution in [0, 0.1) is 6.92 Å². The van der Waals surface area contributed by atoms with Gasteiger partial charge in [-0.25, -0.2) is 18.0 Å². The SMILES string of the molecule is Cc1cc(COc2ccc(S(=O)(=O)NC3CNC(=O)NC3=O)cc2)c2ccccc2n1.O=C(O)C(F)(F)F. The standard InChI is InChI=1S/C21H20N4O5S.C2HF3O2/c1-13-10-14(17-4-2-3-5-18(17)23-13)12-30-15-6-8-16(9-7-15)31(28,29)25-19-11-22-21(27)24-20(19)26;3-2(4,5)1(6)7/h2-10,19,25H,11-12H2,1H3,(H2,22,24,26,27);(H,6,7). The third-order valence-corrected chi connectivity index (χ3v) is 6.51. The number of aromatic nitrogens is 1. The predicted octanol–water partition coefficient (Wildman–Crippen LogP) is 2.24. The van der Waals surface area contributed by atoms with Crippen molar-refractivity contribution >= 4 is 38.8 Å². The molecule has 0 bridgehead atoms. The first kappa shape index (κ1) is 28.3. The molecular weight excluding hydrogens is 533 g/mol. The zero-order chi connectivity index (χ0) is 28.1. The van der Waals surface area contributed by atoms with Crippen molar-refractivity contribution in [2.45, 2.75) is 30.6 Å². The molecule has 1 unspecified atom stereocenters. The lowest BCUT2D eigenvalue weighted by Gasteiger charge is -2.22. The topological polar surface area (TPSA) is 164 Å². The van der Waals surface area contributed by atoms with Gasteiger partial charge in [0.05, 0.1) is 10.4 Å². The molecule has 11 nitrogen and oxygen atoms in total. The molecule has 3 amide bonds. The van der Waals surface area contributed by atoms with Crippen LogP contribution in [-0.4, -0.2) is 55.2 Å². The van der Waals surface area contributed by atoms with E-state index in [9.17, 15) is 31.2 Å². The van der Waals surface area contributed by atoms with Crippen molar-refractivity contribution < 1.29 is 45.8 Å². The third-order valence-electron chi connectivity index (χ3n) is 5.02. The van der Waals surface area contributed by atoms with Crippen LogP contribution in [0.2, 0.25) is 0 Å². The van der Waals surface area contributed by atoms with Gasteiger partial charge in [0.15, 0.2) is 0 Å². The first-order valence-electron chi connectivity index (χ1n) is 10.8. The average Bonchev–Trinajstić information content (AvgIpc) is 2.84. The molecule has 1 aromatic heterocycles. The maximum Gasteiger partial charge on any atom is 0.490 e. The van der Waals surface area contributed by atoms with Crippen molar-refractivity contribution in [1.29, 1.82) is 0 Å². The molecule has 15 heteroatoms. The molecule has 1 aliphatic rings. The van der Waals surface area contributed by atoms with Gasteiger partial charge in [-0.05, 0) is 43.3 Å². The van der Waals surface area contributed by atoms with Gasteiger partial charge >= 0.3 is 18.2 Å². The van der Waals surface area contributed by atoms with Gasteiger partial charge in [0.2, 0.25) is 15.9 Å². The number of aliphatic carboxylic acids is 1. The van der Waals surface area contributed by atoms with Gasteiger partial charge < -0.3 is 15.2 Å². The number of aryl methyl sites for hydroxylation is 1. The molecule has 1 saturated heterocycles. The molecule has 0 saturated carbocycles. The second kappa shape index (κ2) is 11.4.